The maximum Gasteiger partial charge on any atom is 0.135 e. The number of hydrogen-bond donors (Lipinski definition) is 2. The van der Waals surface area contributed by atoms with Crippen LogP contribution in [0.25, 0.3) is 0 Å². The molecular weight excluding hydrogens is 268 g/mol. The second kappa shape index (κ2) is 6.22. The van der Waals surface area contributed by atoms with E-state index in [2.05, 4.69) is 46.6 Å². The van der Waals surface area contributed by atoms with E-state index in [1.165, 1.54) is 4.88 Å². The van der Waals surface area contributed by atoms with E-state index in [1.807, 2.05) is 13.8 Å². The molecule has 2 heterocycles. The van der Waals surface area contributed by atoms with Crippen LogP contribution >= 0.6 is 11.3 Å². The molecule has 1 unspecified atom stereocenters. The first-order chi connectivity index (χ1) is 9.52. The van der Waals surface area contributed by atoms with Crippen molar-refractivity contribution in [2.24, 2.45) is 5.92 Å². The Kier molecular flexibility index (Phi) is 4.60. The number of nitrogens with zero attached hydrogens (tertiary/aromatic N) is 2. The minimum Gasteiger partial charge on any atom is -0.383 e. The second-order valence-corrected chi connectivity index (χ2v) is 6.21. The number of anilines is 2. The lowest BCUT2D eigenvalue weighted by atomic mass is 10.0. The molecule has 2 rings (SSSR count). The SMILES string of the molecule is CCc1nc(N)c(C)c(NC(c2cccs2)C(C)C)n1. The Balaban J connectivity index is 2.34. The molecule has 20 heavy (non-hydrogen) atoms. The molecule has 5 heteroatoms. The third-order valence-corrected chi connectivity index (χ3v) is 4.31. The summed E-state index contributed by atoms with van der Waals surface area (Å²) in [6, 6.07) is 4.48. The first kappa shape index (κ1) is 14.8. The maximum absolute atomic E-state index is 5.98. The van der Waals surface area contributed by atoms with Crippen molar-refractivity contribution in [1.29, 1.82) is 0 Å². The lowest BCUT2D eigenvalue weighted by Crippen LogP contribution is -2.18. The summed E-state index contributed by atoms with van der Waals surface area (Å²) in [7, 11) is 0. The minimum atomic E-state index is 0.243. The third kappa shape index (κ3) is 3.10. The molecule has 0 aromatic carbocycles. The molecule has 0 fully saturated rings. The summed E-state index contributed by atoms with van der Waals surface area (Å²) in [5, 5.41) is 5.65. The van der Waals surface area contributed by atoms with Crippen molar-refractivity contribution in [3.63, 3.8) is 0 Å². The van der Waals surface area contributed by atoms with Gasteiger partial charge in [0.2, 0.25) is 0 Å². The number of aryl methyl sites for hydroxylation is 1. The molecule has 0 spiro atoms. The Bertz CT molecular complexity index is 564. The normalized spacial score (nSPS) is 12.7. The topological polar surface area (TPSA) is 63.8 Å². The molecule has 4 nitrogen and oxygen atoms in total. The van der Waals surface area contributed by atoms with E-state index >= 15 is 0 Å². The van der Waals surface area contributed by atoms with Gasteiger partial charge < -0.3 is 11.1 Å². The van der Waals surface area contributed by atoms with Crippen LogP contribution in [0.5, 0.6) is 0 Å². The maximum atomic E-state index is 5.98. The fourth-order valence-electron chi connectivity index (χ4n) is 2.06. The third-order valence-electron chi connectivity index (χ3n) is 3.35. The van der Waals surface area contributed by atoms with Gasteiger partial charge in [0.05, 0.1) is 6.04 Å². The van der Waals surface area contributed by atoms with Gasteiger partial charge in [-0.1, -0.05) is 26.8 Å². The fraction of sp³-hybridized carbons (Fsp3) is 0.467. The summed E-state index contributed by atoms with van der Waals surface area (Å²) >= 11 is 1.76. The quantitative estimate of drug-likeness (QED) is 0.879. The number of nitrogens with one attached hydrogen (secondary N) is 1. The molecule has 0 radical (unpaired) electrons. The van der Waals surface area contributed by atoms with Gasteiger partial charge in [0.1, 0.15) is 17.5 Å². The van der Waals surface area contributed by atoms with E-state index in [0.29, 0.717) is 11.7 Å². The van der Waals surface area contributed by atoms with Gasteiger partial charge in [-0.3, -0.25) is 0 Å². The molecule has 0 aliphatic carbocycles. The van der Waals surface area contributed by atoms with Crippen LogP contribution in [0.2, 0.25) is 0 Å². The lowest BCUT2D eigenvalue weighted by molar-refractivity contribution is 0.551. The van der Waals surface area contributed by atoms with Crippen molar-refractivity contribution in [2.75, 3.05) is 11.1 Å². The Morgan fingerprint density at radius 1 is 1.35 bits per heavy atom. The van der Waals surface area contributed by atoms with E-state index in [-0.39, 0.29) is 6.04 Å². The van der Waals surface area contributed by atoms with Crippen LogP contribution in [0.1, 0.15) is 43.1 Å². The molecule has 0 aliphatic rings. The van der Waals surface area contributed by atoms with Crippen molar-refractivity contribution in [3.05, 3.63) is 33.8 Å². The highest BCUT2D eigenvalue weighted by Gasteiger charge is 2.19. The first-order valence-electron chi connectivity index (χ1n) is 6.95. The van der Waals surface area contributed by atoms with Crippen molar-refractivity contribution in [2.45, 2.75) is 40.2 Å². The summed E-state index contributed by atoms with van der Waals surface area (Å²) in [6.45, 7) is 8.41. The molecule has 0 saturated heterocycles. The predicted octanol–water partition coefficient (Wildman–Crippen LogP) is 3.80. The van der Waals surface area contributed by atoms with Crippen molar-refractivity contribution >= 4 is 23.0 Å². The zero-order valence-electron chi connectivity index (χ0n) is 12.5. The van der Waals surface area contributed by atoms with Gasteiger partial charge in [-0.05, 0) is 24.3 Å². The van der Waals surface area contributed by atoms with E-state index in [1.54, 1.807) is 11.3 Å². The van der Waals surface area contributed by atoms with Crippen molar-refractivity contribution in [3.8, 4) is 0 Å². The van der Waals surface area contributed by atoms with Crippen molar-refractivity contribution in [1.82, 2.24) is 9.97 Å². The molecule has 0 amide bonds. The van der Waals surface area contributed by atoms with E-state index in [9.17, 15) is 0 Å². The zero-order valence-corrected chi connectivity index (χ0v) is 13.3. The van der Waals surface area contributed by atoms with E-state index in [0.717, 1.165) is 23.6 Å². The highest BCUT2D eigenvalue weighted by molar-refractivity contribution is 7.10. The van der Waals surface area contributed by atoms with Gasteiger partial charge in [0, 0.05) is 16.9 Å². The summed E-state index contributed by atoms with van der Waals surface area (Å²) in [6.07, 6.45) is 0.782. The number of nitrogen functional groups attached to an aromatic ring is 1. The summed E-state index contributed by atoms with van der Waals surface area (Å²) in [4.78, 5) is 10.2. The van der Waals surface area contributed by atoms with Gasteiger partial charge in [-0.25, -0.2) is 9.97 Å². The van der Waals surface area contributed by atoms with Gasteiger partial charge in [-0.2, -0.15) is 0 Å². The Morgan fingerprint density at radius 3 is 2.65 bits per heavy atom. The molecule has 0 saturated carbocycles. The number of hydrogen-bond acceptors (Lipinski definition) is 5. The van der Waals surface area contributed by atoms with Gasteiger partial charge in [0.15, 0.2) is 0 Å². The highest BCUT2D eigenvalue weighted by Crippen LogP contribution is 2.31. The monoisotopic (exact) mass is 290 g/mol. The lowest BCUT2D eigenvalue weighted by Gasteiger charge is -2.23. The van der Waals surface area contributed by atoms with Gasteiger partial charge in [0.25, 0.3) is 0 Å². The second-order valence-electron chi connectivity index (χ2n) is 5.23. The Morgan fingerprint density at radius 2 is 2.10 bits per heavy atom. The Labute approximate surface area is 124 Å². The van der Waals surface area contributed by atoms with Crippen LogP contribution in [0.3, 0.4) is 0 Å². The van der Waals surface area contributed by atoms with Crippen LogP contribution in [0.15, 0.2) is 17.5 Å². The molecule has 108 valence electrons. The fourth-order valence-corrected chi connectivity index (χ4v) is 3.01. The minimum absolute atomic E-state index is 0.243. The average molecular weight is 290 g/mol. The summed E-state index contributed by atoms with van der Waals surface area (Å²) in [5.74, 6) is 2.66. The summed E-state index contributed by atoms with van der Waals surface area (Å²) in [5.41, 5.74) is 6.90. The predicted molar refractivity (Wildman–Crippen MR) is 86.1 cm³/mol. The number of aromatic nitrogens is 2. The van der Waals surface area contributed by atoms with E-state index < -0.39 is 0 Å². The van der Waals surface area contributed by atoms with Crippen LogP contribution in [0, 0.1) is 12.8 Å². The summed E-state index contributed by atoms with van der Waals surface area (Å²) < 4.78 is 0. The zero-order chi connectivity index (χ0) is 14.7. The molecule has 1 atom stereocenters. The highest BCUT2D eigenvalue weighted by atomic mass is 32.1. The molecular formula is C15H22N4S. The van der Waals surface area contributed by atoms with Crippen LogP contribution < -0.4 is 11.1 Å². The van der Waals surface area contributed by atoms with Crippen LogP contribution in [-0.4, -0.2) is 9.97 Å². The Hall–Kier alpha value is -1.62. The van der Waals surface area contributed by atoms with Gasteiger partial charge >= 0.3 is 0 Å². The molecule has 3 N–H and O–H groups in total. The number of nitrogens with two attached hydrogens (primary N) is 1. The largest absolute Gasteiger partial charge is 0.383 e. The van der Waals surface area contributed by atoms with Gasteiger partial charge in [-0.15, -0.1) is 11.3 Å². The molecule has 2 aromatic heterocycles. The standard InChI is InChI=1S/C15H22N4S/c1-5-12-17-14(16)10(4)15(18-12)19-13(9(2)3)11-7-6-8-20-11/h6-9,13H,5H2,1-4H3,(H3,16,17,18,19). The number of thiophene rings is 1. The van der Waals surface area contributed by atoms with Crippen molar-refractivity contribution < 1.29 is 0 Å². The molecule has 0 aliphatic heterocycles. The number of rotatable bonds is 5. The van der Waals surface area contributed by atoms with Crippen LogP contribution in [-0.2, 0) is 6.42 Å². The molecule has 0 bridgehead atoms. The smallest absolute Gasteiger partial charge is 0.135 e. The molecule has 2 aromatic rings. The first-order valence-corrected chi connectivity index (χ1v) is 7.83. The average Bonchev–Trinajstić information content (AvgIpc) is 2.93. The van der Waals surface area contributed by atoms with E-state index in [4.69, 9.17) is 5.73 Å². The van der Waals surface area contributed by atoms with Crippen LogP contribution in [0.4, 0.5) is 11.6 Å².